The fraction of sp³-hybridized carbons (Fsp3) is 0.917. The van der Waals surface area contributed by atoms with Gasteiger partial charge in [0.2, 0.25) is 5.91 Å². The molecule has 0 aromatic heterocycles. The maximum atomic E-state index is 11.6. The van der Waals surface area contributed by atoms with Gasteiger partial charge in [-0.3, -0.25) is 4.79 Å². The molecule has 0 aromatic rings. The average Bonchev–Trinajstić information content (AvgIpc) is 2.44. The summed E-state index contributed by atoms with van der Waals surface area (Å²) < 4.78 is 0. The lowest BCUT2D eigenvalue weighted by molar-refractivity contribution is -0.128. The maximum Gasteiger partial charge on any atom is 0.224 e. The first-order valence-electron chi connectivity index (χ1n) is 6.29. The Kier molecular flexibility index (Phi) is 3.62. The number of nitrogens with zero attached hydrogens (tertiary/aromatic N) is 1. The Morgan fingerprint density at radius 1 is 1.20 bits per heavy atom. The summed E-state index contributed by atoms with van der Waals surface area (Å²) in [5, 5.41) is 0. The summed E-state index contributed by atoms with van der Waals surface area (Å²) in [6.45, 7) is 1.75. The van der Waals surface area contributed by atoms with E-state index in [0.717, 1.165) is 19.0 Å². The fourth-order valence-electron chi connectivity index (χ4n) is 2.84. The molecule has 1 saturated heterocycles. The summed E-state index contributed by atoms with van der Waals surface area (Å²) in [7, 11) is 0. The molecule has 0 spiro atoms. The molecule has 2 aliphatic rings. The maximum absolute atomic E-state index is 11.6. The van der Waals surface area contributed by atoms with Gasteiger partial charge in [0, 0.05) is 25.6 Å². The van der Waals surface area contributed by atoms with E-state index in [4.69, 9.17) is 5.73 Å². The summed E-state index contributed by atoms with van der Waals surface area (Å²) in [4.78, 5) is 13.6. The second-order valence-electron chi connectivity index (χ2n) is 5.12. The predicted molar refractivity (Wildman–Crippen MR) is 60.4 cm³/mol. The minimum absolute atomic E-state index is 0.0864. The van der Waals surface area contributed by atoms with E-state index in [1.165, 1.54) is 38.5 Å². The highest BCUT2D eigenvalue weighted by atomic mass is 16.2. The van der Waals surface area contributed by atoms with Crippen LogP contribution >= 0.6 is 0 Å². The van der Waals surface area contributed by atoms with E-state index < -0.39 is 0 Å². The number of carbonyl (C=O) groups is 1. The van der Waals surface area contributed by atoms with Crippen molar-refractivity contribution in [3.8, 4) is 0 Å². The monoisotopic (exact) mass is 210 g/mol. The molecule has 2 rings (SSSR count). The van der Waals surface area contributed by atoms with Gasteiger partial charge in [-0.05, 0) is 18.8 Å². The number of hydrogen-bond acceptors (Lipinski definition) is 2. The molecule has 3 heteroatoms. The fourth-order valence-corrected chi connectivity index (χ4v) is 2.84. The van der Waals surface area contributed by atoms with Crippen LogP contribution in [0.5, 0.6) is 0 Å². The van der Waals surface area contributed by atoms with Crippen LogP contribution in [0.25, 0.3) is 0 Å². The first-order valence-corrected chi connectivity index (χ1v) is 6.29. The minimum atomic E-state index is 0.0864. The molecular weight excluding hydrogens is 188 g/mol. The highest BCUT2D eigenvalue weighted by molar-refractivity contribution is 5.79. The van der Waals surface area contributed by atoms with Crippen molar-refractivity contribution in [3.05, 3.63) is 0 Å². The second-order valence-corrected chi connectivity index (χ2v) is 5.12. The third-order valence-corrected chi connectivity index (χ3v) is 3.70. The molecule has 1 aliphatic carbocycles. The Morgan fingerprint density at radius 3 is 2.40 bits per heavy atom. The lowest BCUT2D eigenvalue weighted by Crippen LogP contribution is -2.32. The molecule has 15 heavy (non-hydrogen) atoms. The molecule has 1 amide bonds. The molecular formula is C12H22N2O. The lowest BCUT2D eigenvalue weighted by Gasteiger charge is -2.22. The molecule has 1 atom stereocenters. The van der Waals surface area contributed by atoms with Crippen molar-refractivity contribution in [1.29, 1.82) is 0 Å². The molecule has 2 fully saturated rings. The van der Waals surface area contributed by atoms with Crippen molar-refractivity contribution >= 4 is 5.91 Å². The SMILES string of the molecule is NC1CC(=O)N(CC2CCCCCC2)C1. The first-order chi connectivity index (χ1) is 7.25. The Balaban J connectivity index is 1.82. The number of hydrogen-bond donors (Lipinski definition) is 1. The van der Waals surface area contributed by atoms with Crippen LogP contribution in [0.2, 0.25) is 0 Å². The quantitative estimate of drug-likeness (QED) is 0.702. The van der Waals surface area contributed by atoms with Gasteiger partial charge < -0.3 is 10.6 Å². The van der Waals surface area contributed by atoms with E-state index in [1.807, 2.05) is 4.90 Å². The molecule has 1 heterocycles. The van der Waals surface area contributed by atoms with Gasteiger partial charge in [0.15, 0.2) is 0 Å². The van der Waals surface area contributed by atoms with Crippen LogP contribution in [-0.4, -0.2) is 29.9 Å². The molecule has 1 saturated carbocycles. The van der Waals surface area contributed by atoms with Crippen LogP contribution in [0.1, 0.15) is 44.9 Å². The van der Waals surface area contributed by atoms with Crippen molar-refractivity contribution in [2.45, 2.75) is 51.0 Å². The standard InChI is InChI=1S/C12H22N2O/c13-11-7-12(15)14(9-11)8-10-5-3-1-2-4-6-10/h10-11H,1-9,13H2. The van der Waals surface area contributed by atoms with E-state index in [0.29, 0.717) is 6.42 Å². The first kappa shape index (κ1) is 10.9. The third-order valence-electron chi connectivity index (χ3n) is 3.70. The zero-order chi connectivity index (χ0) is 10.7. The molecule has 86 valence electrons. The Hall–Kier alpha value is -0.570. The Bertz CT molecular complexity index is 222. The van der Waals surface area contributed by atoms with Crippen LogP contribution in [-0.2, 0) is 4.79 Å². The summed E-state index contributed by atoms with van der Waals surface area (Å²) >= 11 is 0. The molecule has 0 radical (unpaired) electrons. The van der Waals surface area contributed by atoms with E-state index in [1.54, 1.807) is 0 Å². The van der Waals surface area contributed by atoms with Gasteiger partial charge in [-0.2, -0.15) is 0 Å². The number of rotatable bonds is 2. The van der Waals surface area contributed by atoms with E-state index in [2.05, 4.69) is 0 Å². The molecule has 2 N–H and O–H groups in total. The van der Waals surface area contributed by atoms with E-state index >= 15 is 0 Å². The second kappa shape index (κ2) is 4.97. The predicted octanol–water partition coefficient (Wildman–Crippen LogP) is 1.52. The van der Waals surface area contributed by atoms with Crippen molar-refractivity contribution < 1.29 is 4.79 Å². The molecule has 0 aromatic carbocycles. The van der Waals surface area contributed by atoms with Crippen molar-refractivity contribution in [2.75, 3.05) is 13.1 Å². The van der Waals surface area contributed by atoms with Crippen LogP contribution in [0.15, 0.2) is 0 Å². The zero-order valence-corrected chi connectivity index (χ0v) is 9.45. The topological polar surface area (TPSA) is 46.3 Å². The minimum Gasteiger partial charge on any atom is -0.341 e. The number of nitrogens with two attached hydrogens (primary N) is 1. The van der Waals surface area contributed by atoms with Crippen LogP contribution < -0.4 is 5.73 Å². The summed E-state index contributed by atoms with van der Waals surface area (Å²) in [5.74, 6) is 1.01. The van der Waals surface area contributed by atoms with Gasteiger partial charge in [-0.1, -0.05) is 25.7 Å². The zero-order valence-electron chi connectivity index (χ0n) is 9.45. The number of carbonyl (C=O) groups excluding carboxylic acids is 1. The Labute approximate surface area is 92.0 Å². The van der Waals surface area contributed by atoms with Gasteiger partial charge in [-0.15, -0.1) is 0 Å². The number of amides is 1. The summed E-state index contributed by atoms with van der Waals surface area (Å²) in [6.07, 6.45) is 8.62. The van der Waals surface area contributed by atoms with Gasteiger partial charge in [-0.25, -0.2) is 0 Å². The largest absolute Gasteiger partial charge is 0.341 e. The van der Waals surface area contributed by atoms with Crippen molar-refractivity contribution in [3.63, 3.8) is 0 Å². The van der Waals surface area contributed by atoms with E-state index in [9.17, 15) is 4.79 Å². The van der Waals surface area contributed by atoms with Crippen LogP contribution in [0.3, 0.4) is 0 Å². The highest BCUT2D eigenvalue weighted by Crippen LogP contribution is 2.24. The molecule has 1 unspecified atom stereocenters. The lowest BCUT2D eigenvalue weighted by atomic mass is 10.00. The van der Waals surface area contributed by atoms with Gasteiger partial charge in [0.25, 0.3) is 0 Å². The average molecular weight is 210 g/mol. The van der Waals surface area contributed by atoms with Gasteiger partial charge in [0.05, 0.1) is 0 Å². The molecule has 1 aliphatic heterocycles. The highest BCUT2D eigenvalue weighted by Gasteiger charge is 2.28. The van der Waals surface area contributed by atoms with Gasteiger partial charge >= 0.3 is 0 Å². The van der Waals surface area contributed by atoms with E-state index in [-0.39, 0.29) is 11.9 Å². The van der Waals surface area contributed by atoms with Gasteiger partial charge in [0.1, 0.15) is 0 Å². The molecule has 0 bridgehead atoms. The van der Waals surface area contributed by atoms with Crippen molar-refractivity contribution in [2.24, 2.45) is 11.7 Å². The molecule has 3 nitrogen and oxygen atoms in total. The Morgan fingerprint density at radius 2 is 1.87 bits per heavy atom. The summed E-state index contributed by atoms with van der Waals surface area (Å²) in [6, 6.07) is 0.0864. The van der Waals surface area contributed by atoms with Crippen molar-refractivity contribution in [1.82, 2.24) is 4.90 Å². The number of likely N-dealkylation sites (tertiary alicyclic amines) is 1. The van der Waals surface area contributed by atoms with Crippen LogP contribution in [0, 0.1) is 5.92 Å². The van der Waals surface area contributed by atoms with Crippen LogP contribution in [0.4, 0.5) is 0 Å². The third kappa shape index (κ3) is 2.94. The normalized spacial score (nSPS) is 29.5. The summed E-state index contributed by atoms with van der Waals surface area (Å²) in [5.41, 5.74) is 5.79. The smallest absolute Gasteiger partial charge is 0.224 e.